The van der Waals surface area contributed by atoms with Gasteiger partial charge in [0, 0.05) is 13.0 Å². The molecule has 0 heterocycles. The lowest BCUT2D eigenvalue weighted by Gasteiger charge is -2.26. The molecule has 0 aliphatic heterocycles. The summed E-state index contributed by atoms with van der Waals surface area (Å²) in [4.78, 5) is 23.3. The second-order valence-electron chi connectivity index (χ2n) is 5.94. The summed E-state index contributed by atoms with van der Waals surface area (Å²) in [6, 6.07) is 0. The number of nitrogens with one attached hydrogen (secondary N) is 1. The van der Waals surface area contributed by atoms with Crippen LogP contribution in [0.4, 0.5) is 0 Å². The molecule has 0 spiro atoms. The Morgan fingerprint density at radius 1 is 1.26 bits per heavy atom. The average molecular weight is 269 g/mol. The van der Waals surface area contributed by atoms with Gasteiger partial charge in [0.2, 0.25) is 5.91 Å². The summed E-state index contributed by atoms with van der Waals surface area (Å²) < 4.78 is 0. The zero-order chi connectivity index (χ0) is 14.5. The maximum Gasteiger partial charge on any atom is 0.310 e. The van der Waals surface area contributed by atoms with Gasteiger partial charge in [0.15, 0.2) is 0 Å². The SMILES string of the molecule is CCC(CC)(CC(=O)NCC1CCCC1C)C(=O)O. The molecule has 1 amide bonds. The van der Waals surface area contributed by atoms with Gasteiger partial charge < -0.3 is 10.4 Å². The number of rotatable bonds is 7. The van der Waals surface area contributed by atoms with E-state index in [-0.39, 0.29) is 12.3 Å². The smallest absolute Gasteiger partial charge is 0.310 e. The molecule has 110 valence electrons. The highest BCUT2D eigenvalue weighted by Gasteiger charge is 2.37. The van der Waals surface area contributed by atoms with Crippen LogP contribution >= 0.6 is 0 Å². The molecule has 0 aromatic carbocycles. The Balaban J connectivity index is 2.47. The Morgan fingerprint density at radius 3 is 2.32 bits per heavy atom. The molecule has 0 saturated heterocycles. The second kappa shape index (κ2) is 6.92. The normalized spacial score (nSPS) is 23.3. The Bertz CT molecular complexity index is 323. The average Bonchev–Trinajstić information content (AvgIpc) is 2.79. The Hall–Kier alpha value is -1.06. The molecule has 2 unspecified atom stereocenters. The summed E-state index contributed by atoms with van der Waals surface area (Å²) in [5, 5.41) is 12.2. The van der Waals surface area contributed by atoms with Crippen LogP contribution in [0.2, 0.25) is 0 Å². The molecule has 0 bridgehead atoms. The molecule has 2 N–H and O–H groups in total. The van der Waals surface area contributed by atoms with Crippen molar-refractivity contribution < 1.29 is 14.7 Å². The van der Waals surface area contributed by atoms with Gasteiger partial charge in [0.1, 0.15) is 0 Å². The van der Waals surface area contributed by atoms with Crippen molar-refractivity contribution in [3.63, 3.8) is 0 Å². The van der Waals surface area contributed by atoms with Gasteiger partial charge >= 0.3 is 5.97 Å². The van der Waals surface area contributed by atoms with Crippen LogP contribution in [0.25, 0.3) is 0 Å². The molecule has 4 nitrogen and oxygen atoms in total. The zero-order valence-corrected chi connectivity index (χ0v) is 12.4. The molecular formula is C15H27NO3. The molecule has 1 aliphatic carbocycles. The third-order valence-electron chi connectivity index (χ3n) is 4.91. The number of hydrogen-bond donors (Lipinski definition) is 2. The number of carboxylic acid groups (broad SMARTS) is 1. The predicted molar refractivity (Wildman–Crippen MR) is 74.8 cm³/mol. The summed E-state index contributed by atoms with van der Waals surface area (Å²) in [5.74, 6) is 0.250. The molecule has 4 heteroatoms. The molecular weight excluding hydrogens is 242 g/mol. The Morgan fingerprint density at radius 2 is 1.89 bits per heavy atom. The number of amides is 1. The largest absolute Gasteiger partial charge is 0.481 e. The minimum absolute atomic E-state index is 0.0937. The maximum atomic E-state index is 12.0. The molecule has 1 saturated carbocycles. The fourth-order valence-electron chi connectivity index (χ4n) is 3.02. The van der Waals surface area contributed by atoms with Gasteiger partial charge in [-0.3, -0.25) is 9.59 Å². The quantitative estimate of drug-likeness (QED) is 0.747. The number of hydrogen-bond acceptors (Lipinski definition) is 2. The lowest BCUT2D eigenvalue weighted by Crippen LogP contribution is -2.38. The summed E-state index contributed by atoms with van der Waals surface area (Å²) in [6.07, 6.45) is 4.73. The standard InChI is InChI=1S/C15H27NO3/c1-4-15(5-2,14(18)19)9-13(17)16-10-12-8-6-7-11(12)3/h11-12H,4-10H2,1-3H3,(H,16,17)(H,18,19). The van der Waals surface area contributed by atoms with Crippen LogP contribution in [0.1, 0.15) is 59.3 Å². The minimum atomic E-state index is -0.897. The van der Waals surface area contributed by atoms with E-state index in [1.807, 2.05) is 13.8 Å². The highest BCUT2D eigenvalue weighted by Crippen LogP contribution is 2.32. The van der Waals surface area contributed by atoms with Gasteiger partial charge in [-0.05, 0) is 31.1 Å². The van der Waals surface area contributed by atoms with E-state index >= 15 is 0 Å². The summed E-state index contributed by atoms with van der Waals surface area (Å²) in [5.41, 5.74) is -0.897. The van der Waals surface area contributed by atoms with E-state index in [1.165, 1.54) is 19.3 Å². The van der Waals surface area contributed by atoms with Crippen LogP contribution in [0, 0.1) is 17.3 Å². The summed E-state index contributed by atoms with van der Waals surface area (Å²) >= 11 is 0. The van der Waals surface area contributed by atoms with Crippen molar-refractivity contribution in [1.82, 2.24) is 5.32 Å². The molecule has 19 heavy (non-hydrogen) atoms. The Kier molecular flexibility index (Phi) is 5.83. The van der Waals surface area contributed by atoms with Gasteiger partial charge in [-0.25, -0.2) is 0 Å². The highest BCUT2D eigenvalue weighted by molar-refractivity contribution is 5.84. The first kappa shape index (κ1) is 16.0. The first-order valence-electron chi connectivity index (χ1n) is 7.45. The zero-order valence-electron chi connectivity index (χ0n) is 12.4. The maximum absolute atomic E-state index is 12.0. The lowest BCUT2D eigenvalue weighted by atomic mass is 9.79. The van der Waals surface area contributed by atoms with E-state index in [9.17, 15) is 14.7 Å². The van der Waals surface area contributed by atoms with Crippen molar-refractivity contribution in [2.24, 2.45) is 17.3 Å². The number of aliphatic carboxylic acids is 1. The molecule has 0 radical (unpaired) electrons. The molecule has 0 aromatic heterocycles. The van der Waals surface area contributed by atoms with Gasteiger partial charge in [0.05, 0.1) is 5.41 Å². The molecule has 0 aromatic rings. The van der Waals surface area contributed by atoms with Crippen molar-refractivity contribution in [3.05, 3.63) is 0 Å². The van der Waals surface area contributed by atoms with Crippen LogP contribution in [0.3, 0.4) is 0 Å². The van der Waals surface area contributed by atoms with Crippen LogP contribution < -0.4 is 5.32 Å². The van der Waals surface area contributed by atoms with Crippen LogP contribution in [0.5, 0.6) is 0 Å². The van der Waals surface area contributed by atoms with E-state index in [2.05, 4.69) is 12.2 Å². The van der Waals surface area contributed by atoms with Crippen LogP contribution in [-0.2, 0) is 9.59 Å². The fraction of sp³-hybridized carbons (Fsp3) is 0.867. The second-order valence-corrected chi connectivity index (χ2v) is 5.94. The highest BCUT2D eigenvalue weighted by atomic mass is 16.4. The first-order valence-corrected chi connectivity index (χ1v) is 7.45. The summed E-state index contributed by atoms with van der Waals surface area (Å²) in [7, 11) is 0. The third kappa shape index (κ3) is 3.95. The van der Waals surface area contributed by atoms with Crippen molar-refractivity contribution in [3.8, 4) is 0 Å². The van der Waals surface area contributed by atoms with Crippen molar-refractivity contribution in [2.75, 3.05) is 6.54 Å². The van der Waals surface area contributed by atoms with Gasteiger partial charge in [-0.2, -0.15) is 0 Å². The Labute approximate surface area is 116 Å². The van der Waals surface area contributed by atoms with E-state index < -0.39 is 11.4 Å². The van der Waals surface area contributed by atoms with Gasteiger partial charge in [0.25, 0.3) is 0 Å². The van der Waals surface area contributed by atoms with E-state index in [4.69, 9.17) is 0 Å². The molecule has 1 rings (SSSR count). The summed E-state index contributed by atoms with van der Waals surface area (Å²) in [6.45, 7) is 6.60. The van der Waals surface area contributed by atoms with Crippen LogP contribution in [-0.4, -0.2) is 23.5 Å². The van der Waals surface area contributed by atoms with Crippen LogP contribution in [0.15, 0.2) is 0 Å². The van der Waals surface area contributed by atoms with E-state index in [1.54, 1.807) is 0 Å². The molecule has 1 aliphatic rings. The monoisotopic (exact) mass is 269 g/mol. The van der Waals surface area contributed by atoms with Crippen molar-refractivity contribution >= 4 is 11.9 Å². The van der Waals surface area contributed by atoms with Crippen molar-refractivity contribution in [1.29, 1.82) is 0 Å². The molecule has 2 atom stereocenters. The predicted octanol–water partition coefficient (Wildman–Crippen LogP) is 2.82. The van der Waals surface area contributed by atoms with Crippen molar-refractivity contribution in [2.45, 2.75) is 59.3 Å². The van der Waals surface area contributed by atoms with Gasteiger partial charge in [-0.15, -0.1) is 0 Å². The lowest BCUT2D eigenvalue weighted by molar-refractivity contribution is -0.152. The minimum Gasteiger partial charge on any atom is -0.481 e. The third-order valence-corrected chi connectivity index (χ3v) is 4.91. The van der Waals surface area contributed by atoms with E-state index in [0.717, 1.165) is 0 Å². The van der Waals surface area contributed by atoms with Gasteiger partial charge in [-0.1, -0.05) is 33.6 Å². The fourth-order valence-corrected chi connectivity index (χ4v) is 3.02. The topological polar surface area (TPSA) is 66.4 Å². The first-order chi connectivity index (χ1) is 8.95. The van der Waals surface area contributed by atoms with E-state index in [0.29, 0.717) is 31.2 Å². The number of carbonyl (C=O) groups is 2. The molecule has 1 fully saturated rings. The number of carboxylic acids is 1. The number of carbonyl (C=O) groups excluding carboxylic acids is 1.